The summed E-state index contributed by atoms with van der Waals surface area (Å²) in [5.74, 6) is 1.91. The zero-order valence-electron chi connectivity index (χ0n) is 29.3. The number of hydrogen-bond donors (Lipinski definition) is 0. The molecule has 6 aromatic carbocycles. The number of fused-ring (bicyclic) bond motifs is 4. The van der Waals surface area contributed by atoms with Gasteiger partial charge in [0, 0.05) is 44.8 Å². The van der Waals surface area contributed by atoms with Crippen molar-refractivity contribution in [2.75, 3.05) is 6.61 Å². The Morgan fingerprint density at radius 1 is 0.750 bits per heavy atom. The Hall–Kier alpha value is -6.59. The minimum Gasteiger partial charge on any atom is -0.488 e. The molecule has 0 saturated heterocycles. The fourth-order valence-corrected chi connectivity index (χ4v) is 6.92. The lowest BCUT2D eigenvalue weighted by atomic mass is 9.99. The number of allylic oxidation sites excluding steroid dienone is 1. The van der Waals surface area contributed by atoms with Crippen LogP contribution in [0.5, 0.6) is 5.75 Å². The predicted molar refractivity (Wildman–Crippen MR) is 218 cm³/mol. The Morgan fingerprint density at radius 2 is 1.48 bits per heavy atom. The number of ether oxygens (including phenoxy) is 1. The van der Waals surface area contributed by atoms with E-state index in [-0.39, 0.29) is 0 Å². The summed E-state index contributed by atoms with van der Waals surface area (Å²) in [6.07, 6.45) is 4.04. The molecule has 2 heterocycles. The molecule has 0 bridgehead atoms. The van der Waals surface area contributed by atoms with Gasteiger partial charge in [-0.25, -0.2) is 9.98 Å². The Kier molecular flexibility index (Phi) is 8.99. The van der Waals surface area contributed by atoms with Crippen LogP contribution >= 0.6 is 0 Å². The van der Waals surface area contributed by atoms with Crippen molar-refractivity contribution in [3.8, 4) is 22.6 Å². The molecule has 1 aliphatic heterocycles. The maximum absolute atomic E-state index is 6.44. The maximum atomic E-state index is 6.44. The second kappa shape index (κ2) is 14.3. The van der Waals surface area contributed by atoms with Crippen LogP contribution < -0.4 is 4.74 Å². The molecule has 8 rings (SSSR count). The molecule has 0 aliphatic carbocycles. The van der Waals surface area contributed by atoms with E-state index in [1.165, 1.54) is 27.5 Å². The van der Waals surface area contributed by atoms with Crippen molar-refractivity contribution in [3.63, 3.8) is 0 Å². The van der Waals surface area contributed by atoms with Crippen LogP contribution in [-0.2, 0) is 6.54 Å². The molecular weight excluding hydrogens is 637 g/mol. The standard InChI is InChI=1S/C47H38N4O/c1-4-13-41(47(48-3)50-46(35-16-9-6-10-17-35)49-30-33-22-20-32(2)21-23-33)42-31-52-45-29-37(25-27-40(42)45)51-43-19-12-11-18-38(43)39-26-24-36(28-44(39)51)34-14-7-5-8-15-34/h4-29H,3,30-31H2,1-2H3/b13-4-,42-41-,49-46-,50-47-. The highest BCUT2D eigenvalue weighted by Gasteiger charge is 2.24. The van der Waals surface area contributed by atoms with Gasteiger partial charge in [0.1, 0.15) is 12.4 Å². The van der Waals surface area contributed by atoms with Crippen molar-refractivity contribution in [2.45, 2.75) is 20.4 Å². The Bertz CT molecular complexity index is 2550. The van der Waals surface area contributed by atoms with Gasteiger partial charge < -0.3 is 9.30 Å². The molecule has 0 amide bonds. The molecule has 1 aliphatic rings. The first-order chi connectivity index (χ1) is 25.6. The third-order valence-electron chi connectivity index (χ3n) is 9.53. The third-order valence-corrected chi connectivity index (χ3v) is 9.53. The van der Waals surface area contributed by atoms with Gasteiger partial charge in [-0.05, 0) is 61.5 Å². The van der Waals surface area contributed by atoms with E-state index in [9.17, 15) is 0 Å². The first kappa shape index (κ1) is 32.6. The lowest BCUT2D eigenvalue weighted by Crippen LogP contribution is -2.08. The molecule has 0 atom stereocenters. The van der Waals surface area contributed by atoms with E-state index in [2.05, 4.69) is 138 Å². The van der Waals surface area contributed by atoms with Crippen LogP contribution in [0.4, 0.5) is 0 Å². The number of benzene rings is 6. The summed E-state index contributed by atoms with van der Waals surface area (Å²) < 4.78 is 8.78. The number of aromatic nitrogens is 1. The van der Waals surface area contributed by atoms with Crippen LogP contribution in [-0.4, -0.2) is 29.6 Å². The lowest BCUT2D eigenvalue weighted by Gasteiger charge is -2.11. The summed E-state index contributed by atoms with van der Waals surface area (Å²) in [6.45, 7) is 8.92. The molecule has 0 unspecified atom stereocenters. The summed E-state index contributed by atoms with van der Waals surface area (Å²) >= 11 is 0. The number of hydrogen-bond acceptors (Lipinski definition) is 2. The molecule has 5 nitrogen and oxygen atoms in total. The second-order valence-corrected chi connectivity index (χ2v) is 12.9. The van der Waals surface area contributed by atoms with Crippen LogP contribution in [0.1, 0.15) is 29.2 Å². The molecule has 0 saturated carbocycles. The molecule has 0 radical (unpaired) electrons. The number of aryl methyl sites for hydroxylation is 1. The van der Waals surface area contributed by atoms with Crippen molar-refractivity contribution in [2.24, 2.45) is 15.0 Å². The number of amidine groups is 2. The van der Waals surface area contributed by atoms with Crippen molar-refractivity contribution in [1.82, 2.24) is 4.57 Å². The summed E-state index contributed by atoms with van der Waals surface area (Å²) in [5, 5.41) is 2.43. The topological polar surface area (TPSA) is 51.2 Å². The first-order valence-electron chi connectivity index (χ1n) is 17.5. The zero-order valence-corrected chi connectivity index (χ0v) is 29.3. The van der Waals surface area contributed by atoms with Gasteiger partial charge in [-0.1, -0.05) is 133 Å². The van der Waals surface area contributed by atoms with Gasteiger partial charge in [-0.2, -0.15) is 0 Å². The SMILES string of the molecule is C=NC(=N\C(=N/Cc1ccc(C)cc1)c1ccccc1)/C(/C=C\C)=C1/COc2cc(-n3c4ccccc4c4ccc(-c5ccccc5)cc43)ccc21. The Labute approximate surface area is 304 Å². The van der Waals surface area contributed by atoms with Crippen LogP contribution in [0.25, 0.3) is 44.2 Å². The fourth-order valence-electron chi connectivity index (χ4n) is 6.92. The fraction of sp³-hybridized carbons (Fsp3) is 0.0851. The smallest absolute Gasteiger partial charge is 0.161 e. The van der Waals surface area contributed by atoms with Crippen molar-refractivity contribution >= 4 is 45.8 Å². The predicted octanol–water partition coefficient (Wildman–Crippen LogP) is 11.2. The lowest BCUT2D eigenvalue weighted by molar-refractivity contribution is 0.388. The van der Waals surface area contributed by atoms with Crippen LogP contribution in [0.2, 0.25) is 0 Å². The maximum Gasteiger partial charge on any atom is 0.161 e. The third kappa shape index (κ3) is 6.29. The van der Waals surface area contributed by atoms with Gasteiger partial charge in [0.2, 0.25) is 0 Å². The quantitative estimate of drug-likeness (QED) is 0.123. The Balaban J connectivity index is 1.22. The van der Waals surface area contributed by atoms with Crippen molar-refractivity contribution in [3.05, 3.63) is 186 Å². The van der Waals surface area contributed by atoms with Gasteiger partial charge in [-0.15, -0.1) is 0 Å². The van der Waals surface area contributed by atoms with Gasteiger partial charge >= 0.3 is 0 Å². The van der Waals surface area contributed by atoms with E-state index in [1.807, 2.05) is 49.4 Å². The van der Waals surface area contributed by atoms with E-state index in [1.54, 1.807) is 0 Å². The van der Waals surface area contributed by atoms with Gasteiger partial charge in [-0.3, -0.25) is 4.99 Å². The van der Waals surface area contributed by atoms with Crippen molar-refractivity contribution < 1.29 is 4.74 Å². The number of aliphatic imine (C=N–C) groups is 3. The van der Waals surface area contributed by atoms with Gasteiger partial charge in [0.25, 0.3) is 0 Å². The minimum absolute atomic E-state index is 0.388. The van der Waals surface area contributed by atoms with E-state index in [0.717, 1.165) is 50.3 Å². The van der Waals surface area contributed by atoms with Gasteiger partial charge in [0.05, 0.1) is 17.6 Å². The summed E-state index contributed by atoms with van der Waals surface area (Å²) in [4.78, 5) is 14.5. The molecule has 252 valence electrons. The van der Waals surface area contributed by atoms with E-state index in [4.69, 9.17) is 14.7 Å². The highest BCUT2D eigenvalue weighted by atomic mass is 16.5. The van der Waals surface area contributed by atoms with Crippen LogP contribution in [0, 0.1) is 6.92 Å². The number of para-hydroxylation sites is 1. The first-order valence-corrected chi connectivity index (χ1v) is 17.5. The molecule has 1 aromatic heterocycles. The average Bonchev–Trinajstić information content (AvgIpc) is 3.77. The monoisotopic (exact) mass is 674 g/mol. The van der Waals surface area contributed by atoms with Crippen LogP contribution in [0.3, 0.4) is 0 Å². The second-order valence-electron chi connectivity index (χ2n) is 12.9. The zero-order chi connectivity index (χ0) is 35.4. The highest BCUT2D eigenvalue weighted by molar-refractivity contribution is 6.17. The minimum atomic E-state index is 0.388. The van der Waals surface area contributed by atoms with Gasteiger partial charge in [0.15, 0.2) is 11.7 Å². The molecule has 0 N–H and O–H groups in total. The Morgan fingerprint density at radius 3 is 2.25 bits per heavy atom. The summed E-state index contributed by atoms with van der Waals surface area (Å²) in [6, 6.07) is 50.8. The summed E-state index contributed by atoms with van der Waals surface area (Å²) in [7, 11) is 0. The van der Waals surface area contributed by atoms with E-state index in [0.29, 0.717) is 24.8 Å². The molecule has 7 aromatic rings. The number of rotatable bonds is 7. The van der Waals surface area contributed by atoms with Crippen LogP contribution in [0.15, 0.2) is 178 Å². The highest BCUT2D eigenvalue weighted by Crippen LogP contribution is 2.40. The molecule has 5 heteroatoms. The normalized spacial score (nSPS) is 14.2. The molecule has 0 fully saturated rings. The summed E-state index contributed by atoms with van der Waals surface area (Å²) in [5.41, 5.74) is 11.8. The number of nitrogens with zero attached hydrogens (tertiary/aromatic N) is 4. The van der Waals surface area contributed by atoms with E-state index < -0.39 is 0 Å². The van der Waals surface area contributed by atoms with Crippen molar-refractivity contribution in [1.29, 1.82) is 0 Å². The molecule has 0 spiro atoms. The molecule has 52 heavy (non-hydrogen) atoms. The van der Waals surface area contributed by atoms with E-state index >= 15 is 0 Å². The average molecular weight is 675 g/mol. The largest absolute Gasteiger partial charge is 0.488 e. The molecular formula is C47H38N4O.